The van der Waals surface area contributed by atoms with Crippen LogP contribution in [-0.4, -0.2) is 40.6 Å². The summed E-state index contributed by atoms with van der Waals surface area (Å²) in [7, 11) is 1.45. The Kier molecular flexibility index (Phi) is 3.95. The van der Waals surface area contributed by atoms with Gasteiger partial charge in [0.1, 0.15) is 6.04 Å². The SMILES string of the molecule is COc1nc(NN)nc(N2CCCCC2C(N)=O)n1. The molecule has 1 aliphatic heterocycles. The van der Waals surface area contributed by atoms with Crippen LogP contribution in [-0.2, 0) is 4.79 Å². The fraction of sp³-hybridized carbons (Fsp3) is 0.600. The van der Waals surface area contributed by atoms with E-state index >= 15 is 0 Å². The molecule has 1 atom stereocenters. The summed E-state index contributed by atoms with van der Waals surface area (Å²) >= 11 is 0. The van der Waals surface area contributed by atoms with Gasteiger partial charge in [-0.2, -0.15) is 15.0 Å². The highest BCUT2D eigenvalue weighted by molar-refractivity contribution is 5.83. The number of hydrogen-bond donors (Lipinski definition) is 3. The minimum atomic E-state index is -0.411. The van der Waals surface area contributed by atoms with E-state index in [0.29, 0.717) is 18.9 Å². The van der Waals surface area contributed by atoms with Crippen molar-refractivity contribution in [2.75, 3.05) is 24.0 Å². The van der Waals surface area contributed by atoms with Crippen molar-refractivity contribution >= 4 is 17.8 Å². The van der Waals surface area contributed by atoms with Gasteiger partial charge in [0.15, 0.2) is 0 Å². The van der Waals surface area contributed by atoms with Crippen molar-refractivity contribution < 1.29 is 9.53 Å². The molecule has 1 fully saturated rings. The topological polar surface area (TPSA) is 132 Å². The fourth-order valence-electron chi connectivity index (χ4n) is 2.10. The number of anilines is 2. The molecular weight excluding hydrogens is 250 g/mol. The van der Waals surface area contributed by atoms with Crippen LogP contribution in [0.25, 0.3) is 0 Å². The lowest BCUT2D eigenvalue weighted by atomic mass is 10.0. The van der Waals surface area contributed by atoms with Crippen LogP contribution in [0.5, 0.6) is 6.01 Å². The van der Waals surface area contributed by atoms with E-state index in [9.17, 15) is 4.79 Å². The zero-order chi connectivity index (χ0) is 13.8. The maximum atomic E-state index is 11.5. The van der Waals surface area contributed by atoms with Gasteiger partial charge in [-0.3, -0.25) is 10.2 Å². The first-order chi connectivity index (χ1) is 9.15. The number of methoxy groups -OCH3 is 1. The molecule has 1 unspecified atom stereocenters. The maximum Gasteiger partial charge on any atom is 0.322 e. The van der Waals surface area contributed by atoms with Crippen molar-refractivity contribution in [2.24, 2.45) is 11.6 Å². The lowest BCUT2D eigenvalue weighted by molar-refractivity contribution is -0.119. The van der Waals surface area contributed by atoms with E-state index in [-0.39, 0.29) is 17.9 Å². The number of aromatic nitrogens is 3. The number of rotatable bonds is 4. The van der Waals surface area contributed by atoms with Crippen LogP contribution in [0, 0.1) is 0 Å². The smallest absolute Gasteiger partial charge is 0.322 e. The molecule has 9 heteroatoms. The van der Waals surface area contributed by atoms with E-state index < -0.39 is 6.04 Å². The summed E-state index contributed by atoms with van der Waals surface area (Å²) < 4.78 is 4.98. The Labute approximate surface area is 110 Å². The zero-order valence-electron chi connectivity index (χ0n) is 10.7. The minimum absolute atomic E-state index is 0.131. The monoisotopic (exact) mass is 267 g/mol. The van der Waals surface area contributed by atoms with Crippen molar-refractivity contribution in [2.45, 2.75) is 25.3 Å². The van der Waals surface area contributed by atoms with E-state index in [2.05, 4.69) is 20.4 Å². The highest BCUT2D eigenvalue weighted by atomic mass is 16.5. The third-order valence-corrected chi connectivity index (χ3v) is 3.00. The van der Waals surface area contributed by atoms with Crippen molar-refractivity contribution in [1.29, 1.82) is 0 Å². The zero-order valence-corrected chi connectivity index (χ0v) is 10.7. The molecule has 0 saturated carbocycles. The van der Waals surface area contributed by atoms with Crippen LogP contribution >= 0.6 is 0 Å². The standard InChI is InChI=1S/C10H17N7O2/c1-19-10-14-8(16-12)13-9(15-10)17-5-3-2-4-6(17)7(11)18/h6H,2-5,12H2,1H3,(H2,11,18)(H,13,14,15,16). The number of carbonyl (C=O) groups excluding carboxylic acids is 1. The van der Waals surface area contributed by atoms with Crippen molar-refractivity contribution in [1.82, 2.24) is 15.0 Å². The number of primary amides is 1. The van der Waals surface area contributed by atoms with Gasteiger partial charge in [0, 0.05) is 6.54 Å². The molecule has 0 radical (unpaired) electrons. The van der Waals surface area contributed by atoms with Crippen LogP contribution in [0.15, 0.2) is 0 Å². The first kappa shape index (κ1) is 13.3. The molecule has 9 nitrogen and oxygen atoms in total. The molecule has 1 saturated heterocycles. The van der Waals surface area contributed by atoms with E-state index in [0.717, 1.165) is 12.8 Å². The Hall–Kier alpha value is -2.16. The Morgan fingerprint density at radius 1 is 1.42 bits per heavy atom. The number of piperidine rings is 1. The fourth-order valence-corrected chi connectivity index (χ4v) is 2.10. The lowest BCUT2D eigenvalue weighted by Gasteiger charge is -2.33. The normalized spacial score (nSPS) is 19.1. The third-order valence-electron chi connectivity index (χ3n) is 3.00. The van der Waals surface area contributed by atoms with Crippen molar-refractivity contribution in [3.8, 4) is 6.01 Å². The van der Waals surface area contributed by atoms with Crippen LogP contribution in [0.4, 0.5) is 11.9 Å². The van der Waals surface area contributed by atoms with Gasteiger partial charge >= 0.3 is 6.01 Å². The van der Waals surface area contributed by atoms with Gasteiger partial charge < -0.3 is 15.4 Å². The number of amides is 1. The second-order valence-corrected chi connectivity index (χ2v) is 4.20. The number of hydrazine groups is 1. The largest absolute Gasteiger partial charge is 0.467 e. The Morgan fingerprint density at radius 2 is 2.21 bits per heavy atom. The second kappa shape index (κ2) is 5.65. The summed E-state index contributed by atoms with van der Waals surface area (Å²) in [6.07, 6.45) is 2.59. The van der Waals surface area contributed by atoms with E-state index in [1.807, 2.05) is 0 Å². The number of nitrogens with zero attached hydrogens (tertiary/aromatic N) is 4. The molecule has 1 aromatic heterocycles. The Bertz CT molecular complexity index is 445. The summed E-state index contributed by atoms with van der Waals surface area (Å²) in [4.78, 5) is 25.4. The van der Waals surface area contributed by atoms with Crippen LogP contribution in [0.3, 0.4) is 0 Å². The number of nitrogens with one attached hydrogen (secondary N) is 1. The quantitative estimate of drug-likeness (QED) is 0.468. The minimum Gasteiger partial charge on any atom is -0.467 e. The van der Waals surface area contributed by atoms with E-state index in [1.165, 1.54) is 7.11 Å². The van der Waals surface area contributed by atoms with E-state index in [1.54, 1.807) is 4.90 Å². The van der Waals surface area contributed by atoms with Crippen LogP contribution in [0.2, 0.25) is 0 Å². The molecule has 2 rings (SSSR count). The molecule has 0 aromatic carbocycles. The Morgan fingerprint density at radius 3 is 2.84 bits per heavy atom. The first-order valence-corrected chi connectivity index (χ1v) is 5.98. The average molecular weight is 267 g/mol. The van der Waals surface area contributed by atoms with Gasteiger partial charge in [0.25, 0.3) is 0 Å². The lowest BCUT2D eigenvalue weighted by Crippen LogP contribution is -2.48. The van der Waals surface area contributed by atoms with Crippen LogP contribution < -0.4 is 26.6 Å². The summed E-state index contributed by atoms with van der Waals surface area (Å²) in [6, 6.07) is -0.279. The molecule has 0 spiro atoms. The van der Waals surface area contributed by atoms with Gasteiger partial charge in [-0.15, -0.1) is 0 Å². The molecular formula is C10H17N7O2. The van der Waals surface area contributed by atoms with Gasteiger partial charge in [-0.05, 0) is 19.3 Å². The maximum absolute atomic E-state index is 11.5. The van der Waals surface area contributed by atoms with Crippen molar-refractivity contribution in [3.63, 3.8) is 0 Å². The summed E-state index contributed by atoms with van der Waals surface area (Å²) in [5, 5.41) is 0. The number of hydrogen-bond acceptors (Lipinski definition) is 8. The number of nitrogens with two attached hydrogens (primary N) is 2. The van der Waals surface area contributed by atoms with Gasteiger partial charge in [0.2, 0.25) is 17.8 Å². The van der Waals surface area contributed by atoms with Crippen molar-refractivity contribution in [3.05, 3.63) is 0 Å². The van der Waals surface area contributed by atoms with Gasteiger partial charge in [-0.25, -0.2) is 5.84 Å². The molecule has 0 bridgehead atoms. The van der Waals surface area contributed by atoms with Gasteiger partial charge in [0.05, 0.1) is 7.11 Å². The number of nitrogen functional groups attached to an aromatic ring is 1. The molecule has 2 heterocycles. The van der Waals surface area contributed by atoms with E-state index in [4.69, 9.17) is 16.3 Å². The molecule has 5 N–H and O–H groups in total. The highest BCUT2D eigenvalue weighted by Gasteiger charge is 2.29. The molecule has 1 amide bonds. The molecule has 1 aliphatic rings. The number of carbonyl (C=O) groups is 1. The van der Waals surface area contributed by atoms with Crippen LogP contribution in [0.1, 0.15) is 19.3 Å². The van der Waals surface area contributed by atoms with Gasteiger partial charge in [-0.1, -0.05) is 0 Å². The molecule has 0 aliphatic carbocycles. The molecule has 1 aromatic rings. The summed E-state index contributed by atoms with van der Waals surface area (Å²) in [5.74, 6) is 5.42. The number of ether oxygens (including phenoxy) is 1. The Balaban J connectivity index is 2.35. The third kappa shape index (κ3) is 2.81. The first-order valence-electron chi connectivity index (χ1n) is 5.98. The predicted octanol–water partition coefficient (Wildman–Crippen LogP) is -0.990. The predicted molar refractivity (Wildman–Crippen MR) is 68.4 cm³/mol. The summed E-state index contributed by atoms with van der Waals surface area (Å²) in [5.41, 5.74) is 7.75. The molecule has 104 valence electrons. The second-order valence-electron chi connectivity index (χ2n) is 4.20. The highest BCUT2D eigenvalue weighted by Crippen LogP contribution is 2.23. The average Bonchev–Trinajstić information content (AvgIpc) is 2.46. The molecule has 19 heavy (non-hydrogen) atoms. The summed E-state index contributed by atoms with van der Waals surface area (Å²) in [6.45, 7) is 0.658.